The van der Waals surface area contributed by atoms with Gasteiger partial charge in [-0.1, -0.05) is 0 Å². The van der Waals surface area contributed by atoms with Crippen LogP contribution in [0, 0.1) is 0 Å². The van der Waals surface area contributed by atoms with Crippen molar-refractivity contribution in [2.24, 2.45) is 0 Å². The minimum absolute atomic E-state index is 0.0269. The first-order chi connectivity index (χ1) is 12.1. The number of hydrogen-bond donors (Lipinski definition) is 0. The summed E-state index contributed by atoms with van der Waals surface area (Å²) in [6, 6.07) is 2.87. The molecule has 1 aromatic rings. The first kappa shape index (κ1) is 21.6. The van der Waals surface area contributed by atoms with Crippen molar-refractivity contribution in [1.29, 1.82) is 0 Å². The van der Waals surface area contributed by atoms with Crippen molar-refractivity contribution in [3.05, 3.63) is 23.3 Å². The third-order valence-electron chi connectivity index (χ3n) is 3.03. The summed E-state index contributed by atoms with van der Waals surface area (Å²) >= 11 is 10.2. The zero-order valence-electron chi connectivity index (χ0n) is 15.3. The van der Waals surface area contributed by atoms with Crippen LogP contribution in [0.25, 0.3) is 0 Å². The summed E-state index contributed by atoms with van der Waals surface area (Å²) < 4.78 is 20.6. The van der Waals surface area contributed by atoms with E-state index in [9.17, 15) is 9.59 Å². The lowest BCUT2D eigenvalue weighted by molar-refractivity contribution is 0.0550. The van der Waals surface area contributed by atoms with Gasteiger partial charge in [-0.2, -0.15) is 0 Å². The molecule has 0 atom stereocenters. The molecule has 0 fully saturated rings. The summed E-state index contributed by atoms with van der Waals surface area (Å²) in [6.45, 7) is 0. The maximum atomic E-state index is 12.3. The molecule has 1 aromatic carbocycles. The molecule has 0 amide bonds. The lowest BCUT2D eigenvalue weighted by atomic mass is 10.0. The molecule has 0 saturated carbocycles. The number of ether oxygens (including phenoxy) is 4. The number of thiocarbonyl (C=S) groups is 2. The molecule has 0 aromatic heterocycles. The Balaban J connectivity index is 3.60. The van der Waals surface area contributed by atoms with Gasteiger partial charge in [0.1, 0.15) is 22.6 Å². The highest BCUT2D eigenvalue weighted by Gasteiger charge is 2.29. The Hall–Kier alpha value is -2.46. The molecule has 0 heterocycles. The summed E-state index contributed by atoms with van der Waals surface area (Å²) in [4.78, 5) is 27.7. The van der Waals surface area contributed by atoms with Crippen molar-refractivity contribution in [1.82, 2.24) is 9.80 Å². The van der Waals surface area contributed by atoms with E-state index in [1.54, 1.807) is 28.2 Å². The zero-order valence-corrected chi connectivity index (χ0v) is 16.9. The Morgan fingerprint density at radius 1 is 0.769 bits per heavy atom. The molecule has 0 saturated heterocycles. The second-order valence-corrected chi connectivity index (χ2v) is 6.02. The number of carbonyl (C=O) groups excluding carboxylic acids is 2. The number of hydrogen-bond acceptors (Lipinski definition) is 8. The fraction of sp³-hybridized carbons (Fsp3) is 0.375. The Morgan fingerprint density at radius 2 is 1.08 bits per heavy atom. The monoisotopic (exact) mass is 400 g/mol. The van der Waals surface area contributed by atoms with E-state index in [-0.39, 0.29) is 33.0 Å². The Kier molecular flexibility index (Phi) is 7.72. The highest BCUT2D eigenvalue weighted by atomic mass is 32.1. The van der Waals surface area contributed by atoms with Gasteiger partial charge in [-0.25, -0.2) is 9.59 Å². The zero-order chi connectivity index (χ0) is 20.0. The van der Waals surface area contributed by atoms with Crippen LogP contribution in [0.3, 0.4) is 0 Å². The van der Waals surface area contributed by atoms with Crippen molar-refractivity contribution in [2.75, 3.05) is 42.4 Å². The van der Waals surface area contributed by atoms with Crippen LogP contribution in [-0.4, -0.2) is 74.5 Å². The minimum atomic E-state index is -0.817. The highest BCUT2D eigenvalue weighted by molar-refractivity contribution is 7.80. The lowest BCUT2D eigenvalue weighted by Crippen LogP contribution is -2.28. The molecule has 0 aliphatic heterocycles. The Morgan fingerprint density at radius 3 is 1.31 bits per heavy atom. The molecule has 10 heteroatoms. The number of esters is 2. The fourth-order valence-electron chi connectivity index (χ4n) is 1.71. The van der Waals surface area contributed by atoms with Crippen LogP contribution >= 0.6 is 24.4 Å². The van der Waals surface area contributed by atoms with Crippen molar-refractivity contribution in [3.8, 4) is 11.5 Å². The van der Waals surface area contributed by atoms with Crippen LogP contribution in [0.5, 0.6) is 11.5 Å². The standard InChI is InChI=1S/C16H20N2O6S2/c1-17(2)15(25)23-9-7-8-10(24-16(26)18(3)4)12(14(20)22-6)11(9)13(19)21-5/h7-8H,1-6H3. The van der Waals surface area contributed by atoms with Gasteiger partial charge in [-0.05, 0) is 36.6 Å². The molecule has 0 bridgehead atoms. The minimum Gasteiger partial charge on any atom is -0.465 e. The van der Waals surface area contributed by atoms with E-state index in [1.807, 2.05) is 0 Å². The SMILES string of the molecule is COC(=O)c1c(OC(=S)N(C)C)ccc(OC(=S)N(C)C)c1C(=O)OC. The summed E-state index contributed by atoms with van der Waals surface area (Å²) in [6.07, 6.45) is 0. The third-order valence-corrected chi connectivity index (χ3v) is 3.93. The Labute approximate surface area is 162 Å². The molecular formula is C16H20N2O6S2. The topological polar surface area (TPSA) is 77.5 Å². The van der Waals surface area contributed by atoms with Crippen molar-refractivity contribution < 1.29 is 28.5 Å². The highest BCUT2D eigenvalue weighted by Crippen LogP contribution is 2.33. The largest absolute Gasteiger partial charge is 0.465 e. The molecule has 0 aliphatic carbocycles. The average Bonchev–Trinajstić information content (AvgIpc) is 2.60. The second-order valence-electron chi connectivity index (χ2n) is 5.32. The van der Waals surface area contributed by atoms with Crippen LogP contribution in [0.2, 0.25) is 0 Å². The van der Waals surface area contributed by atoms with Gasteiger partial charge in [0, 0.05) is 28.2 Å². The van der Waals surface area contributed by atoms with E-state index in [1.165, 1.54) is 36.2 Å². The van der Waals surface area contributed by atoms with Crippen LogP contribution in [0.1, 0.15) is 20.7 Å². The summed E-state index contributed by atoms with van der Waals surface area (Å²) in [5.41, 5.74) is -0.356. The fourth-order valence-corrected chi connectivity index (χ4v) is 1.89. The van der Waals surface area contributed by atoms with Crippen LogP contribution in [0.4, 0.5) is 0 Å². The van der Waals surface area contributed by atoms with Gasteiger partial charge in [0.2, 0.25) is 0 Å². The molecular weight excluding hydrogens is 380 g/mol. The number of benzene rings is 1. The summed E-state index contributed by atoms with van der Waals surface area (Å²) in [7, 11) is 9.05. The smallest absolute Gasteiger partial charge is 0.342 e. The van der Waals surface area contributed by atoms with E-state index in [2.05, 4.69) is 0 Å². The maximum Gasteiger partial charge on any atom is 0.342 e. The first-order valence-corrected chi connectivity index (χ1v) is 8.07. The third kappa shape index (κ3) is 5.02. The van der Waals surface area contributed by atoms with Crippen molar-refractivity contribution in [2.45, 2.75) is 0 Å². The molecule has 0 aliphatic rings. The molecule has 8 nitrogen and oxygen atoms in total. The number of rotatable bonds is 4. The number of nitrogens with zero attached hydrogens (tertiary/aromatic N) is 2. The van der Waals surface area contributed by atoms with Gasteiger partial charge >= 0.3 is 11.9 Å². The van der Waals surface area contributed by atoms with Crippen molar-refractivity contribution in [3.63, 3.8) is 0 Å². The normalized spacial score (nSPS) is 9.77. The summed E-state index contributed by atoms with van der Waals surface area (Å²) in [5, 5.41) is 0.173. The van der Waals surface area contributed by atoms with E-state index in [0.717, 1.165) is 0 Å². The number of methoxy groups -OCH3 is 2. The summed E-state index contributed by atoms with van der Waals surface area (Å²) in [5.74, 6) is -1.58. The number of carbonyl (C=O) groups is 2. The quantitative estimate of drug-likeness (QED) is 0.550. The first-order valence-electron chi connectivity index (χ1n) is 7.25. The van der Waals surface area contributed by atoms with E-state index in [0.29, 0.717) is 0 Å². The van der Waals surface area contributed by atoms with Gasteiger partial charge in [0.05, 0.1) is 14.2 Å². The lowest BCUT2D eigenvalue weighted by Gasteiger charge is -2.20. The van der Waals surface area contributed by atoms with E-state index < -0.39 is 11.9 Å². The predicted octanol–water partition coefficient (Wildman–Crippen LogP) is 1.71. The van der Waals surface area contributed by atoms with Gasteiger partial charge in [-0.3, -0.25) is 0 Å². The molecule has 0 unspecified atom stereocenters. The molecule has 142 valence electrons. The van der Waals surface area contributed by atoms with E-state index in [4.69, 9.17) is 43.4 Å². The maximum absolute atomic E-state index is 12.3. The molecule has 1 rings (SSSR count). The Bertz CT molecular complexity index is 673. The molecule has 26 heavy (non-hydrogen) atoms. The second kappa shape index (κ2) is 9.30. The van der Waals surface area contributed by atoms with Crippen LogP contribution < -0.4 is 9.47 Å². The predicted molar refractivity (Wildman–Crippen MR) is 103 cm³/mol. The van der Waals surface area contributed by atoms with Gasteiger partial charge < -0.3 is 28.7 Å². The molecule has 0 spiro atoms. The molecule has 0 N–H and O–H groups in total. The molecule has 0 radical (unpaired) electrons. The van der Waals surface area contributed by atoms with Gasteiger partial charge in [-0.15, -0.1) is 0 Å². The van der Waals surface area contributed by atoms with Gasteiger partial charge in [0.15, 0.2) is 0 Å². The van der Waals surface area contributed by atoms with Crippen LogP contribution in [0.15, 0.2) is 12.1 Å². The van der Waals surface area contributed by atoms with Crippen LogP contribution in [-0.2, 0) is 9.47 Å². The average molecular weight is 400 g/mol. The van der Waals surface area contributed by atoms with Crippen molar-refractivity contribution >= 4 is 46.7 Å². The van der Waals surface area contributed by atoms with Gasteiger partial charge in [0.25, 0.3) is 10.3 Å². The van der Waals surface area contributed by atoms with E-state index >= 15 is 0 Å².